The van der Waals surface area contributed by atoms with Crippen LogP contribution in [0.25, 0.3) is 0 Å². The van der Waals surface area contributed by atoms with Gasteiger partial charge in [0.25, 0.3) is 0 Å². The van der Waals surface area contributed by atoms with E-state index in [1.54, 1.807) is 11.6 Å². The van der Waals surface area contributed by atoms with Crippen LogP contribution in [0.3, 0.4) is 0 Å². The summed E-state index contributed by atoms with van der Waals surface area (Å²) >= 11 is 1.24. The van der Waals surface area contributed by atoms with Crippen molar-refractivity contribution in [3.05, 3.63) is 0 Å². The van der Waals surface area contributed by atoms with Crippen LogP contribution in [0.1, 0.15) is 19.8 Å². The van der Waals surface area contributed by atoms with Crippen LogP contribution in [-0.4, -0.2) is 57.5 Å². The molecule has 0 aliphatic rings. The molecule has 0 saturated carbocycles. The Hall–Kier alpha value is -1.68. The zero-order valence-corrected chi connectivity index (χ0v) is 12.8. The molecule has 1 rings (SSSR count). The SMILES string of the molecule is CCOC(=O)CCCNC(=O)CSc1nnnn1CCN. The number of carbonyl (C=O) groups is 2. The van der Waals surface area contributed by atoms with Crippen molar-refractivity contribution in [2.45, 2.75) is 31.5 Å². The summed E-state index contributed by atoms with van der Waals surface area (Å²) in [7, 11) is 0. The summed E-state index contributed by atoms with van der Waals surface area (Å²) < 4.78 is 6.34. The molecule has 0 unspecified atom stereocenters. The Balaban J connectivity index is 2.16. The number of ether oxygens (including phenoxy) is 1. The first-order valence-electron chi connectivity index (χ1n) is 6.68. The van der Waals surface area contributed by atoms with Gasteiger partial charge in [-0.2, -0.15) is 0 Å². The fraction of sp³-hybridized carbons (Fsp3) is 0.727. The number of hydrogen-bond donors (Lipinski definition) is 2. The van der Waals surface area contributed by atoms with Crippen molar-refractivity contribution in [1.82, 2.24) is 25.5 Å². The summed E-state index contributed by atoms with van der Waals surface area (Å²) in [5.41, 5.74) is 5.43. The standard InChI is InChI=1S/C11H20N6O3S/c1-2-20-10(19)4-3-6-13-9(18)8-21-11-14-15-16-17(11)7-5-12/h2-8,12H2,1H3,(H,13,18). The van der Waals surface area contributed by atoms with Crippen molar-refractivity contribution < 1.29 is 14.3 Å². The highest BCUT2D eigenvalue weighted by molar-refractivity contribution is 7.99. The molecule has 0 fully saturated rings. The number of esters is 1. The van der Waals surface area contributed by atoms with Crippen molar-refractivity contribution >= 4 is 23.6 Å². The molecule has 1 aromatic rings. The Morgan fingerprint density at radius 2 is 2.29 bits per heavy atom. The van der Waals surface area contributed by atoms with Crippen LogP contribution in [0.2, 0.25) is 0 Å². The van der Waals surface area contributed by atoms with Crippen LogP contribution in [-0.2, 0) is 20.9 Å². The molecule has 9 nitrogen and oxygen atoms in total. The summed E-state index contributed by atoms with van der Waals surface area (Å²) in [6.45, 7) is 3.51. The van der Waals surface area contributed by atoms with Gasteiger partial charge >= 0.3 is 5.97 Å². The maximum Gasteiger partial charge on any atom is 0.305 e. The lowest BCUT2D eigenvalue weighted by atomic mass is 10.3. The quantitative estimate of drug-likeness (QED) is 0.326. The van der Waals surface area contributed by atoms with E-state index in [0.29, 0.717) is 44.2 Å². The Morgan fingerprint density at radius 1 is 1.48 bits per heavy atom. The third kappa shape index (κ3) is 7.04. The van der Waals surface area contributed by atoms with Crippen molar-refractivity contribution in [2.75, 3.05) is 25.4 Å². The van der Waals surface area contributed by atoms with E-state index in [-0.39, 0.29) is 17.6 Å². The number of nitrogens with zero attached hydrogens (tertiary/aromatic N) is 4. The normalized spacial score (nSPS) is 10.4. The lowest BCUT2D eigenvalue weighted by molar-refractivity contribution is -0.143. The van der Waals surface area contributed by atoms with Gasteiger partial charge in [-0.15, -0.1) is 5.10 Å². The molecule has 0 spiro atoms. The van der Waals surface area contributed by atoms with E-state index in [1.807, 2.05) is 0 Å². The molecule has 0 saturated heterocycles. The zero-order chi connectivity index (χ0) is 15.5. The molecular formula is C11H20N6O3S. The van der Waals surface area contributed by atoms with Gasteiger partial charge in [0, 0.05) is 19.5 Å². The van der Waals surface area contributed by atoms with E-state index < -0.39 is 0 Å². The number of amides is 1. The number of nitrogens with two attached hydrogens (primary N) is 1. The number of tetrazole rings is 1. The van der Waals surface area contributed by atoms with Gasteiger partial charge < -0.3 is 15.8 Å². The van der Waals surface area contributed by atoms with Gasteiger partial charge in [0.05, 0.1) is 18.9 Å². The van der Waals surface area contributed by atoms with E-state index >= 15 is 0 Å². The summed E-state index contributed by atoms with van der Waals surface area (Å²) in [5.74, 6) is -0.169. The fourth-order valence-corrected chi connectivity index (χ4v) is 2.17. The molecule has 1 heterocycles. The van der Waals surface area contributed by atoms with Crippen molar-refractivity contribution in [3.8, 4) is 0 Å². The number of thioether (sulfide) groups is 1. The molecule has 118 valence electrons. The van der Waals surface area contributed by atoms with Gasteiger partial charge in [-0.3, -0.25) is 9.59 Å². The Morgan fingerprint density at radius 3 is 3.00 bits per heavy atom. The molecule has 0 aliphatic heterocycles. The van der Waals surface area contributed by atoms with Crippen LogP contribution in [0.5, 0.6) is 0 Å². The van der Waals surface area contributed by atoms with E-state index in [0.717, 1.165) is 0 Å². The highest BCUT2D eigenvalue weighted by Gasteiger charge is 2.09. The summed E-state index contributed by atoms with van der Waals surface area (Å²) in [6, 6.07) is 0. The second-order valence-electron chi connectivity index (χ2n) is 4.02. The van der Waals surface area contributed by atoms with Crippen molar-refractivity contribution in [3.63, 3.8) is 0 Å². The number of nitrogens with one attached hydrogen (secondary N) is 1. The lowest BCUT2D eigenvalue weighted by Crippen LogP contribution is -2.27. The average molecular weight is 316 g/mol. The minimum Gasteiger partial charge on any atom is -0.466 e. The van der Waals surface area contributed by atoms with Crippen LogP contribution >= 0.6 is 11.8 Å². The minimum absolute atomic E-state index is 0.133. The molecule has 0 atom stereocenters. The Labute approximate surface area is 127 Å². The summed E-state index contributed by atoms with van der Waals surface area (Å²) in [5, 5.41) is 14.4. The molecule has 0 aliphatic carbocycles. The number of rotatable bonds is 10. The van der Waals surface area contributed by atoms with Gasteiger partial charge in [0.15, 0.2) is 0 Å². The number of aromatic nitrogens is 4. The average Bonchev–Trinajstić information content (AvgIpc) is 2.89. The monoisotopic (exact) mass is 316 g/mol. The molecule has 0 radical (unpaired) electrons. The van der Waals surface area contributed by atoms with Gasteiger partial charge in [0.2, 0.25) is 11.1 Å². The molecular weight excluding hydrogens is 296 g/mol. The largest absolute Gasteiger partial charge is 0.466 e. The second kappa shape index (κ2) is 10.1. The van der Waals surface area contributed by atoms with E-state index in [2.05, 4.69) is 20.8 Å². The minimum atomic E-state index is -0.248. The summed E-state index contributed by atoms with van der Waals surface area (Å²) in [4.78, 5) is 22.7. The molecule has 3 N–H and O–H groups in total. The first-order chi connectivity index (χ1) is 10.2. The van der Waals surface area contributed by atoms with E-state index in [4.69, 9.17) is 10.5 Å². The topological polar surface area (TPSA) is 125 Å². The maximum absolute atomic E-state index is 11.6. The van der Waals surface area contributed by atoms with Crippen LogP contribution in [0.4, 0.5) is 0 Å². The summed E-state index contributed by atoms with van der Waals surface area (Å²) in [6.07, 6.45) is 0.857. The smallest absolute Gasteiger partial charge is 0.305 e. The molecule has 0 bridgehead atoms. The third-order valence-electron chi connectivity index (χ3n) is 2.36. The van der Waals surface area contributed by atoms with Gasteiger partial charge in [0.1, 0.15) is 0 Å². The van der Waals surface area contributed by atoms with Gasteiger partial charge in [-0.1, -0.05) is 11.8 Å². The highest BCUT2D eigenvalue weighted by Crippen LogP contribution is 2.12. The molecule has 10 heteroatoms. The van der Waals surface area contributed by atoms with Crippen molar-refractivity contribution in [1.29, 1.82) is 0 Å². The van der Waals surface area contributed by atoms with Crippen LogP contribution < -0.4 is 11.1 Å². The Bertz CT molecular complexity index is 453. The maximum atomic E-state index is 11.6. The van der Waals surface area contributed by atoms with Crippen LogP contribution in [0, 0.1) is 0 Å². The molecule has 1 aromatic heterocycles. The number of carbonyl (C=O) groups excluding carboxylic acids is 2. The van der Waals surface area contributed by atoms with E-state index in [1.165, 1.54) is 11.8 Å². The number of hydrogen-bond acceptors (Lipinski definition) is 8. The van der Waals surface area contributed by atoms with Crippen LogP contribution in [0.15, 0.2) is 5.16 Å². The lowest BCUT2D eigenvalue weighted by Gasteiger charge is -2.05. The highest BCUT2D eigenvalue weighted by atomic mass is 32.2. The van der Waals surface area contributed by atoms with E-state index in [9.17, 15) is 9.59 Å². The van der Waals surface area contributed by atoms with Gasteiger partial charge in [-0.25, -0.2) is 4.68 Å². The predicted octanol–water partition coefficient (Wildman–Crippen LogP) is -0.817. The molecule has 0 aromatic carbocycles. The first kappa shape index (κ1) is 17.4. The first-order valence-corrected chi connectivity index (χ1v) is 7.67. The second-order valence-corrected chi connectivity index (χ2v) is 4.96. The molecule has 1 amide bonds. The Kier molecular flexibility index (Phi) is 8.36. The zero-order valence-electron chi connectivity index (χ0n) is 11.9. The fourth-order valence-electron chi connectivity index (χ4n) is 1.44. The van der Waals surface area contributed by atoms with Crippen molar-refractivity contribution in [2.24, 2.45) is 5.73 Å². The van der Waals surface area contributed by atoms with Gasteiger partial charge in [-0.05, 0) is 23.8 Å². The molecule has 21 heavy (non-hydrogen) atoms. The predicted molar refractivity (Wildman–Crippen MR) is 76.5 cm³/mol. The third-order valence-corrected chi connectivity index (χ3v) is 3.31.